The van der Waals surface area contributed by atoms with Crippen LogP contribution in [-0.2, 0) is 10.0 Å². The lowest BCUT2D eigenvalue weighted by Gasteiger charge is -2.22. The third-order valence-corrected chi connectivity index (χ3v) is 7.86. The maximum Gasteiger partial charge on any atom is 0.335 e. The Balaban J connectivity index is 1.56. The maximum absolute atomic E-state index is 13.0. The van der Waals surface area contributed by atoms with Gasteiger partial charge < -0.3 is 9.84 Å². The number of carbonyl (C=O) groups is 1. The number of aryl methyl sites for hydroxylation is 1. The molecule has 0 saturated heterocycles. The lowest BCUT2D eigenvalue weighted by molar-refractivity contribution is 0.0696. The molecule has 4 rings (SSSR count). The molecule has 6 nitrogen and oxygen atoms in total. The van der Waals surface area contributed by atoms with Crippen LogP contribution < -0.4 is 9.46 Å². The molecule has 178 valence electrons. The molecule has 34 heavy (non-hydrogen) atoms. The molecule has 0 amide bonds. The molecule has 2 N–H and O–H groups in total. The van der Waals surface area contributed by atoms with Crippen LogP contribution in [0.25, 0.3) is 11.1 Å². The molecule has 0 aromatic heterocycles. The minimum atomic E-state index is -3.90. The number of hydrogen-bond acceptors (Lipinski definition) is 4. The monoisotopic (exact) mass is 479 g/mol. The molecule has 3 aromatic carbocycles. The third kappa shape index (κ3) is 5.09. The molecule has 1 saturated carbocycles. The topological polar surface area (TPSA) is 92.7 Å². The first-order valence-corrected chi connectivity index (χ1v) is 12.9. The number of sulfonamides is 1. The van der Waals surface area contributed by atoms with Crippen LogP contribution in [0.1, 0.15) is 59.5 Å². The highest BCUT2D eigenvalue weighted by atomic mass is 32.2. The molecule has 1 aliphatic rings. The van der Waals surface area contributed by atoms with Gasteiger partial charge in [-0.15, -0.1) is 0 Å². The van der Waals surface area contributed by atoms with Crippen LogP contribution in [0.3, 0.4) is 0 Å². The number of carboxylic acid groups (broad SMARTS) is 1. The normalized spacial score (nSPS) is 14.5. The predicted octanol–water partition coefficient (Wildman–Crippen LogP) is 6.22. The van der Waals surface area contributed by atoms with Crippen LogP contribution in [-0.4, -0.2) is 26.6 Å². The van der Waals surface area contributed by atoms with Crippen molar-refractivity contribution in [3.05, 3.63) is 77.4 Å². The van der Waals surface area contributed by atoms with Crippen molar-refractivity contribution in [2.45, 2.75) is 49.8 Å². The van der Waals surface area contributed by atoms with Gasteiger partial charge in [-0.25, -0.2) is 13.2 Å². The van der Waals surface area contributed by atoms with E-state index in [1.807, 2.05) is 13.0 Å². The van der Waals surface area contributed by atoms with Gasteiger partial charge in [-0.2, -0.15) is 0 Å². The fourth-order valence-corrected chi connectivity index (χ4v) is 5.77. The van der Waals surface area contributed by atoms with Gasteiger partial charge in [-0.05, 0) is 78.3 Å². The zero-order valence-corrected chi connectivity index (χ0v) is 20.2. The molecule has 1 aliphatic carbocycles. The molecule has 0 spiro atoms. The van der Waals surface area contributed by atoms with Gasteiger partial charge in [0.05, 0.1) is 23.3 Å². The third-order valence-electron chi connectivity index (χ3n) is 6.50. The van der Waals surface area contributed by atoms with Crippen LogP contribution >= 0.6 is 0 Å². The van der Waals surface area contributed by atoms with Crippen molar-refractivity contribution in [3.63, 3.8) is 0 Å². The number of hydrogen-bond donors (Lipinski definition) is 2. The first-order valence-electron chi connectivity index (χ1n) is 11.4. The smallest absolute Gasteiger partial charge is 0.335 e. The quantitative estimate of drug-likeness (QED) is 0.420. The first kappa shape index (κ1) is 23.8. The van der Waals surface area contributed by atoms with Gasteiger partial charge in [0.1, 0.15) is 5.75 Å². The van der Waals surface area contributed by atoms with Crippen LogP contribution in [0.4, 0.5) is 5.69 Å². The summed E-state index contributed by atoms with van der Waals surface area (Å²) in [5.74, 6) is -0.343. The molecular weight excluding hydrogens is 450 g/mol. The fourth-order valence-electron chi connectivity index (χ4n) is 4.61. The van der Waals surface area contributed by atoms with Crippen LogP contribution in [0.5, 0.6) is 5.75 Å². The first-order chi connectivity index (χ1) is 16.3. The van der Waals surface area contributed by atoms with Gasteiger partial charge in [-0.3, -0.25) is 4.72 Å². The number of methoxy groups -OCH3 is 1. The van der Waals surface area contributed by atoms with Crippen LogP contribution in [0.2, 0.25) is 0 Å². The van der Waals surface area contributed by atoms with E-state index in [-0.39, 0.29) is 21.9 Å². The second-order valence-electron chi connectivity index (χ2n) is 8.76. The predicted molar refractivity (Wildman–Crippen MR) is 133 cm³/mol. The van der Waals surface area contributed by atoms with Gasteiger partial charge in [0.2, 0.25) is 0 Å². The zero-order valence-electron chi connectivity index (χ0n) is 19.4. The number of nitrogens with one attached hydrogen (secondary N) is 1. The number of benzene rings is 3. The van der Waals surface area contributed by atoms with E-state index >= 15 is 0 Å². The summed E-state index contributed by atoms with van der Waals surface area (Å²) in [7, 11) is -2.54. The summed E-state index contributed by atoms with van der Waals surface area (Å²) in [5, 5.41) is 9.14. The Kier molecular flexibility index (Phi) is 6.93. The lowest BCUT2D eigenvalue weighted by atomic mass is 9.83. The van der Waals surface area contributed by atoms with Crippen LogP contribution in [0.15, 0.2) is 65.6 Å². The van der Waals surface area contributed by atoms with E-state index in [0.29, 0.717) is 5.92 Å². The highest BCUT2D eigenvalue weighted by molar-refractivity contribution is 7.92. The Morgan fingerprint density at radius 3 is 2.29 bits per heavy atom. The number of carboxylic acids is 1. The molecule has 0 unspecified atom stereocenters. The molecule has 0 bridgehead atoms. The van der Waals surface area contributed by atoms with E-state index in [0.717, 1.165) is 16.7 Å². The average molecular weight is 480 g/mol. The lowest BCUT2D eigenvalue weighted by Crippen LogP contribution is -2.14. The number of anilines is 1. The molecular formula is C27H29NO5S. The van der Waals surface area contributed by atoms with Gasteiger partial charge in [0.15, 0.2) is 0 Å². The van der Waals surface area contributed by atoms with E-state index in [1.54, 1.807) is 12.1 Å². The summed E-state index contributed by atoms with van der Waals surface area (Å²) in [6.07, 6.45) is 6.43. The zero-order chi connectivity index (χ0) is 24.3. The fraction of sp³-hybridized carbons (Fsp3) is 0.296. The van der Waals surface area contributed by atoms with E-state index in [9.17, 15) is 13.2 Å². The van der Waals surface area contributed by atoms with Gasteiger partial charge in [0, 0.05) is 0 Å². The van der Waals surface area contributed by atoms with Crippen molar-refractivity contribution in [3.8, 4) is 16.9 Å². The van der Waals surface area contributed by atoms with E-state index in [4.69, 9.17) is 9.84 Å². The highest BCUT2D eigenvalue weighted by Crippen LogP contribution is 2.35. The summed E-state index contributed by atoms with van der Waals surface area (Å²) in [6.45, 7) is 1.89. The van der Waals surface area contributed by atoms with Crippen molar-refractivity contribution in [1.82, 2.24) is 0 Å². The van der Waals surface area contributed by atoms with Crippen LogP contribution in [0, 0.1) is 6.92 Å². The Labute approximate surface area is 200 Å². The SMILES string of the molecule is COc1cc(C(=O)O)ccc1NS(=O)(=O)c1ccc(-c2ccc(C3CCCCC3)cc2)c(C)c1. The second-order valence-corrected chi connectivity index (χ2v) is 10.4. The van der Waals surface area contributed by atoms with Crippen molar-refractivity contribution in [2.75, 3.05) is 11.8 Å². The van der Waals surface area contributed by atoms with E-state index < -0.39 is 16.0 Å². The number of aromatic carboxylic acids is 1. The molecule has 0 heterocycles. The van der Waals surface area contributed by atoms with Gasteiger partial charge in [0.25, 0.3) is 10.0 Å². The Morgan fingerprint density at radius 2 is 1.68 bits per heavy atom. The van der Waals surface area contributed by atoms with Crippen molar-refractivity contribution < 1.29 is 23.1 Å². The summed E-state index contributed by atoms with van der Waals surface area (Å²) >= 11 is 0. The van der Waals surface area contributed by atoms with Gasteiger partial charge in [-0.1, -0.05) is 49.6 Å². The van der Waals surface area contributed by atoms with Crippen molar-refractivity contribution >= 4 is 21.7 Å². The van der Waals surface area contributed by atoms with Gasteiger partial charge >= 0.3 is 5.97 Å². The molecule has 0 atom stereocenters. The van der Waals surface area contributed by atoms with Crippen molar-refractivity contribution in [2.24, 2.45) is 0 Å². The van der Waals surface area contributed by atoms with Crippen molar-refractivity contribution in [1.29, 1.82) is 0 Å². The summed E-state index contributed by atoms with van der Waals surface area (Å²) in [4.78, 5) is 11.3. The Morgan fingerprint density at radius 1 is 0.971 bits per heavy atom. The summed E-state index contributed by atoms with van der Waals surface area (Å²) < 4.78 is 33.7. The maximum atomic E-state index is 13.0. The molecule has 3 aromatic rings. The minimum absolute atomic E-state index is 0.00880. The molecule has 0 radical (unpaired) electrons. The number of ether oxygens (including phenoxy) is 1. The minimum Gasteiger partial charge on any atom is -0.495 e. The van der Waals surface area contributed by atoms with E-state index in [1.165, 1.54) is 63.0 Å². The second kappa shape index (κ2) is 9.89. The van der Waals surface area contributed by atoms with E-state index in [2.05, 4.69) is 29.0 Å². The molecule has 0 aliphatic heterocycles. The Bertz CT molecular complexity index is 1290. The summed E-state index contributed by atoms with van der Waals surface area (Å²) in [5.41, 5.74) is 4.45. The average Bonchev–Trinajstić information content (AvgIpc) is 2.84. The molecule has 7 heteroatoms. The Hall–Kier alpha value is -3.32. The molecule has 1 fully saturated rings. The largest absolute Gasteiger partial charge is 0.495 e. The highest BCUT2D eigenvalue weighted by Gasteiger charge is 2.20. The summed E-state index contributed by atoms with van der Waals surface area (Å²) in [6, 6.07) is 17.7. The standard InChI is InChI=1S/C27H29NO5S/c1-18-16-23(34(31,32)28-25-15-12-22(27(29)30)17-26(25)33-2)13-14-24(18)21-10-8-20(9-11-21)19-6-4-3-5-7-19/h8-17,19,28H,3-7H2,1-2H3,(H,29,30). The number of rotatable bonds is 7.